The number of likely N-dealkylation sites (tertiary alicyclic amines) is 1. The Kier molecular flexibility index (Phi) is 7.20. The summed E-state index contributed by atoms with van der Waals surface area (Å²) in [7, 11) is 0. The molecule has 5 heteroatoms. The van der Waals surface area contributed by atoms with Crippen LogP contribution in [-0.2, 0) is 9.53 Å². The summed E-state index contributed by atoms with van der Waals surface area (Å²) >= 11 is 0. The average Bonchev–Trinajstić information content (AvgIpc) is 3.22. The first-order valence-corrected chi connectivity index (χ1v) is 11.1. The molecule has 1 atom stereocenters. The highest BCUT2D eigenvalue weighted by molar-refractivity contribution is 5.79. The van der Waals surface area contributed by atoms with E-state index in [1.807, 2.05) is 43.9 Å². The van der Waals surface area contributed by atoms with E-state index < -0.39 is 5.60 Å². The minimum absolute atomic E-state index is 0.0439. The number of nitrogens with zero attached hydrogens (tertiary/aromatic N) is 1. The first kappa shape index (κ1) is 21.7. The van der Waals surface area contributed by atoms with Crippen LogP contribution in [0.2, 0.25) is 0 Å². The van der Waals surface area contributed by atoms with Crippen molar-refractivity contribution in [3.05, 3.63) is 35.9 Å². The van der Waals surface area contributed by atoms with Crippen LogP contribution in [0.3, 0.4) is 0 Å². The Hall–Kier alpha value is -2.04. The summed E-state index contributed by atoms with van der Waals surface area (Å²) in [6.07, 6.45) is 6.96. The molecule has 1 aromatic rings. The standard InChI is InChI=1S/C24H36N2O3/c1-24(2,3)29-23(28)26-15-13-18(14-16-26)17-21(19-9-5-4-6-10-19)25-22(27)20-11-7-8-12-20/h4-6,9-10,18,20-21H,7-8,11-17H2,1-3H3,(H,25,27). The Morgan fingerprint density at radius 2 is 1.69 bits per heavy atom. The molecule has 29 heavy (non-hydrogen) atoms. The third-order valence-corrected chi connectivity index (χ3v) is 6.08. The number of hydrogen-bond donors (Lipinski definition) is 1. The molecule has 1 N–H and O–H groups in total. The van der Waals surface area contributed by atoms with Crippen LogP contribution >= 0.6 is 0 Å². The van der Waals surface area contributed by atoms with Gasteiger partial charge in [-0.25, -0.2) is 4.79 Å². The van der Waals surface area contributed by atoms with Crippen molar-refractivity contribution in [3.8, 4) is 0 Å². The first-order valence-electron chi connectivity index (χ1n) is 11.1. The highest BCUT2D eigenvalue weighted by Gasteiger charge is 2.30. The lowest BCUT2D eigenvalue weighted by molar-refractivity contribution is -0.125. The number of carbonyl (C=O) groups is 2. The van der Waals surface area contributed by atoms with Crippen LogP contribution in [0.15, 0.2) is 30.3 Å². The SMILES string of the molecule is CC(C)(C)OC(=O)N1CCC(CC(NC(=O)C2CCCC2)c2ccccc2)CC1. The molecule has 2 amide bonds. The molecule has 0 spiro atoms. The molecule has 160 valence electrons. The van der Waals surface area contributed by atoms with Crippen molar-refractivity contribution in [3.63, 3.8) is 0 Å². The fraction of sp³-hybridized carbons (Fsp3) is 0.667. The molecule has 1 heterocycles. The van der Waals surface area contributed by atoms with E-state index in [9.17, 15) is 9.59 Å². The zero-order valence-corrected chi connectivity index (χ0v) is 18.2. The second kappa shape index (κ2) is 9.64. The van der Waals surface area contributed by atoms with Gasteiger partial charge < -0.3 is 15.0 Å². The molecule has 1 saturated carbocycles. The summed E-state index contributed by atoms with van der Waals surface area (Å²) < 4.78 is 5.50. The number of rotatable bonds is 5. The molecule has 5 nitrogen and oxygen atoms in total. The van der Waals surface area contributed by atoms with Gasteiger partial charge in [0, 0.05) is 19.0 Å². The van der Waals surface area contributed by atoms with Crippen LogP contribution in [0.5, 0.6) is 0 Å². The molecule has 2 fully saturated rings. The van der Waals surface area contributed by atoms with Crippen molar-refractivity contribution < 1.29 is 14.3 Å². The molecule has 2 aliphatic rings. The van der Waals surface area contributed by atoms with Gasteiger partial charge in [0.2, 0.25) is 5.91 Å². The molecule has 1 saturated heterocycles. The number of piperidine rings is 1. The molecule has 1 unspecified atom stereocenters. The summed E-state index contributed by atoms with van der Waals surface area (Å²) in [4.78, 5) is 26.9. The number of amides is 2. The van der Waals surface area contributed by atoms with E-state index >= 15 is 0 Å². The third kappa shape index (κ3) is 6.48. The van der Waals surface area contributed by atoms with Crippen molar-refractivity contribution in [2.75, 3.05) is 13.1 Å². The molecule has 0 bridgehead atoms. The number of hydrogen-bond acceptors (Lipinski definition) is 3. The molecular formula is C24H36N2O3. The Morgan fingerprint density at radius 1 is 1.07 bits per heavy atom. The highest BCUT2D eigenvalue weighted by Crippen LogP contribution is 2.31. The molecule has 1 aliphatic heterocycles. The van der Waals surface area contributed by atoms with Gasteiger partial charge in [-0.1, -0.05) is 43.2 Å². The lowest BCUT2D eigenvalue weighted by atomic mass is 9.87. The van der Waals surface area contributed by atoms with Gasteiger partial charge in [-0.3, -0.25) is 4.79 Å². The topological polar surface area (TPSA) is 58.6 Å². The highest BCUT2D eigenvalue weighted by atomic mass is 16.6. The Balaban J connectivity index is 1.57. The Bertz CT molecular complexity index is 669. The average molecular weight is 401 g/mol. The predicted molar refractivity (Wildman–Crippen MR) is 114 cm³/mol. The van der Waals surface area contributed by atoms with Gasteiger partial charge in [-0.15, -0.1) is 0 Å². The number of nitrogens with one attached hydrogen (secondary N) is 1. The van der Waals surface area contributed by atoms with Gasteiger partial charge in [-0.2, -0.15) is 0 Å². The van der Waals surface area contributed by atoms with Crippen LogP contribution in [0.25, 0.3) is 0 Å². The van der Waals surface area contributed by atoms with E-state index in [0.29, 0.717) is 5.92 Å². The van der Waals surface area contributed by atoms with E-state index in [4.69, 9.17) is 4.74 Å². The lowest BCUT2D eigenvalue weighted by Crippen LogP contribution is -2.42. The van der Waals surface area contributed by atoms with Crippen molar-refractivity contribution in [1.82, 2.24) is 10.2 Å². The van der Waals surface area contributed by atoms with Crippen molar-refractivity contribution in [1.29, 1.82) is 0 Å². The van der Waals surface area contributed by atoms with E-state index in [-0.39, 0.29) is 24.0 Å². The van der Waals surface area contributed by atoms with Crippen LogP contribution in [-0.4, -0.2) is 35.6 Å². The number of ether oxygens (including phenoxy) is 1. The van der Waals surface area contributed by atoms with Gasteiger partial charge in [0.15, 0.2) is 0 Å². The third-order valence-electron chi connectivity index (χ3n) is 6.08. The number of benzene rings is 1. The largest absolute Gasteiger partial charge is 0.444 e. The quantitative estimate of drug-likeness (QED) is 0.750. The van der Waals surface area contributed by atoms with Crippen molar-refractivity contribution in [2.45, 2.75) is 77.4 Å². The zero-order chi connectivity index (χ0) is 20.9. The van der Waals surface area contributed by atoms with Crippen LogP contribution in [0.1, 0.15) is 77.3 Å². The molecule has 1 aromatic carbocycles. The van der Waals surface area contributed by atoms with E-state index in [1.54, 1.807) is 0 Å². The van der Waals surface area contributed by atoms with Crippen LogP contribution in [0, 0.1) is 11.8 Å². The fourth-order valence-corrected chi connectivity index (χ4v) is 4.45. The maximum absolute atomic E-state index is 12.8. The summed E-state index contributed by atoms with van der Waals surface area (Å²) in [6, 6.07) is 10.3. The van der Waals surface area contributed by atoms with Crippen molar-refractivity contribution >= 4 is 12.0 Å². The van der Waals surface area contributed by atoms with Crippen LogP contribution < -0.4 is 5.32 Å². The molecule has 0 aromatic heterocycles. The predicted octanol–water partition coefficient (Wildman–Crippen LogP) is 5.07. The van der Waals surface area contributed by atoms with Gasteiger partial charge in [-0.05, 0) is 64.4 Å². The fourth-order valence-electron chi connectivity index (χ4n) is 4.45. The zero-order valence-electron chi connectivity index (χ0n) is 18.2. The van der Waals surface area contributed by atoms with Gasteiger partial charge in [0.05, 0.1) is 6.04 Å². The number of carbonyl (C=O) groups excluding carboxylic acids is 2. The molecular weight excluding hydrogens is 364 g/mol. The van der Waals surface area contributed by atoms with E-state index in [1.165, 1.54) is 5.56 Å². The van der Waals surface area contributed by atoms with E-state index in [0.717, 1.165) is 58.0 Å². The lowest BCUT2D eigenvalue weighted by Gasteiger charge is -2.35. The Morgan fingerprint density at radius 3 is 2.28 bits per heavy atom. The summed E-state index contributed by atoms with van der Waals surface area (Å²) in [6.45, 7) is 7.13. The second-order valence-corrected chi connectivity index (χ2v) is 9.60. The maximum Gasteiger partial charge on any atom is 0.410 e. The molecule has 0 radical (unpaired) electrons. The smallest absolute Gasteiger partial charge is 0.410 e. The van der Waals surface area contributed by atoms with Crippen molar-refractivity contribution in [2.24, 2.45) is 11.8 Å². The second-order valence-electron chi connectivity index (χ2n) is 9.60. The van der Waals surface area contributed by atoms with Gasteiger partial charge >= 0.3 is 6.09 Å². The van der Waals surface area contributed by atoms with Gasteiger partial charge in [0.1, 0.15) is 5.60 Å². The molecule has 1 aliphatic carbocycles. The summed E-state index contributed by atoms with van der Waals surface area (Å²) in [5.74, 6) is 0.876. The molecule has 3 rings (SSSR count). The minimum atomic E-state index is -0.461. The normalized spacial score (nSPS) is 19.8. The van der Waals surface area contributed by atoms with Crippen LogP contribution in [0.4, 0.5) is 4.79 Å². The maximum atomic E-state index is 12.8. The summed E-state index contributed by atoms with van der Waals surface area (Å²) in [5.41, 5.74) is 0.713. The Labute approximate surface area is 175 Å². The monoisotopic (exact) mass is 400 g/mol. The first-order chi connectivity index (χ1) is 13.8. The summed E-state index contributed by atoms with van der Waals surface area (Å²) in [5, 5.41) is 3.34. The minimum Gasteiger partial charge on any atom is -0.444 e. The van der Waals surface area contributed by atoms with E-state index in [2.05, 4.69) is 17.4 Å². The van der Waals surface area contributed by atoms with Gasteiger partial charge in [0.25, 0.3) is 0 Å².